The predicted octanol–water partition coefficient (Wildman–Crippen LogP) is 4.42. The summed E-state index contributed by atoms with van der Waals surface area (Å²) in [6, 6.07) is 14.8. The standard InChI is InChI=1S/C25H28ClN2O3/c1-27-25(19-11-7-4-8-12-19)21-16-20(26)13-14-22(21)28(17-24(30)31-2)23(29)15-18-9-5-3-6-10-18/h4,7-8,11-14,16,18H,1,3,5-6,9-10,15,17H2,2H3/q+1. The Hall–Kier alpha value is -2.88. The molecule has 0 radical (unpaired) electrons. The van der Waals surface area contributed by atoms with Crippen LogP contribution in [0.25, 0.3) is 0 Å². The lowest BCUT2D eigenvalue weighted by Crippen LogP contribution is -2.38. The van der Waals surface area contributed by atoms with Gasteiger partial charge in [0.2, 0.25) is 5.91 Å². The van der Waals surface area contributed by atoms with Gasteiger partial charge in [-0.25, -0.2) is 0 Å². The fourth-order valence-corrected chi connectivity index (χ4v) is 4.28. The largest absolute Gasteiger partial charge is 0.468 e. The van der Waals surface area contributed by atoms with Gasteiger partial charge in [-0.15, -0.1) is 0 Å². The molecule has 1 fully saturated rings. The number of anilines is 1. The van der Waals surface area contributed by atoms with Crippen LogP contribution in [0.2, 0.25) is 5.02 Å². The van der Waals surface area contributed by atoms with E-state index in [9.17, 15) is 9.59 Å². The van der Waals surface area contributed by atoms with E-state index in [1.807, 2.05) is 30.3 Å². The number of carbonyl (C=O) groups excluding carboxylic acids is 2. The molecular weight excluding hydrogens is 412 g/mol. The highest BCUT2D eigenvalue weighted by atomic mass is 35.5. The van der Waals surface area contributed by atoms with Gasteiger partial charge in [0.25, 0.3) is 6.72 Å². The summed E-state index contributed by atoms with van der Waals surface area (Å²) in [5.74, 6) is -0.240. The zero-order valence-corrected chi connectivity index (χ0v) is 18.6. The van der Waals surface area contributed by atoms with Crippen LogP contribution in [0.5, 0.6) is 0 Å². The highest BCUT2D eigenvalue weighted by Gasteiger charge is 2.29. The van der Waals surface area contributed by atoms with Crippen LogP contribution >= 0.6 is 11.6 Å². The van der Waals surface area contributed by atoms with Gasteiger partial charge in [-0.1, -0.05) is 53.7 Å². The minimum atomic E-state index is -0.481. The van der Waals surface area contributed by atoms with Crippen LogP contribution in [-0.2, 0) is 14.3 Å². The van der Waals surface area contributed by atoms with E-state index in [2.05, 4.69) is 11.4 Å². The smallest absolute Gasteiger partial charge is 0.342 e. The summed E-state index contributed by atoms with van der Waals surface area (Å²) in [6.07, 6.45) is 6.00. The van der Waals surface area contributed by atoms with Crippen LogP contribution in [0.1, 0.15) is 49.7 Å². The van der Waals surface area contributed by atoms with E-state index in [1.165, 1.54) is 18.4 Å². The summed E-state index contributed by atoms with van der Waals surface area (Å²) < 4.78 is 9.12. The number of amides is 1. The summed E-state index contributed by atoms with van der Waals surface area (Å²) in [7, 11) is 1.32. The highest BCUT2D eigenvalue weighted by Crippen LogP contribution is 2.31. The monoisotopic (exact) mass is 439 g/mol. The molecule has 2 aromatic carbocycles. The molecule has 0 spiro atoms. The van der Waals surface area contributed by atoms with Crippen molar-refractivity contribution in [1.82, 2.24) is 4.67 Å². The first-order valence-electron chi connectivity index (χ1n) is 10.6. The molecule has 1 aliphatic rings. The fourth-order valence-electron chi connectivity index (χ4n) is 4.11. The average Bonchev–Trinajstić information content (AvgIpc) is 2.79. The number of methoxy groups -OCH3 is 1. The molecule has 6 heteroatoms. The first-order valence-corrected chi connectivity index (χ1v) is 11.0. The summed E-state index contributed by atoms with van der Waals surface area (Å²) in [6.45, 7) is 3.56. The third-order valence-corrected chi connectivity index (χ3v) is 5.95. The molecule has 2 aromatic rings. The SMILES string of the molecule is C=[N+]=C(c1ccccc1)c1cc(Cl)ccc1N(CC(=O)OC)C(=O)CC1CCCCC1. The molecule has 1 aliphatic carbocycles. The minimum Gasteiger partial charge on any atom is -0.468 e. The lowest BCUT2D eigenvalue weighted by atomic mass is 9.86. The highest BCUT2D eigenvalue weighted by molar-refractivity contribution is 6.31. The second kappa shape index (κ2) is 10.9. The summed E-state index contributed by atoms with van der Waals surface area (Å²) in [5.41, 5.74) is 2.66. The predicted molar refractivity (Wildman–Crippen MR) is 126 cm³/mol. The van der Waals surface area contributed by atoms with Crippen molar-refractivity contribution in [2.24, 2.45) is 5.92 Å². The van der Waals surface area contributed by atoms with Gasteiger partial charge in [0.1, 0.15) is 6.54 Å². The van der Waals surface area contributed by atoms with E-state index < -0.39 is 5.97 Å². The number of ether oxygens (including phenoxy) is 1. The van der Waals surface area contributed by atoms with Crippen molar-refractivity contribution in [3.05, 3.63) is 64.7 Å². The Morgan fingerprint density at radius 3 is 2.48 bits per heavy atom. The first kappa shape index (κ1) is 22.8. The van der Waals surface area contributed by atoms with Crippen LogP contribution in [-0.4, -0.2) is 38.0 Å². The summed E-state index contributed by atoms with van der Waals surface area (Å²) in [4.78, 5) is 27.1. The maximum absolute atomic E-state index is 13.4. The van der Waals surface area contributed by atoms with E-state index in [0.717, 1.165) is 31.2 Å². The topological polar surface area (TPSA) is 60.7 Å². The molecule has 0 N–H and O–H groups in total. The van der Waals surface area contributed by atoms with Crippen molar-refractivity contribution in [2.75, 3.05) is 18.6 Å². The molecule has 5 nitrogen and oxygen atoms in total. The van der Waals surface area contributed by atoms with Gasteiger partial charge in [-0.05, 0) is 49.1 Å². The maximum atomic E-state index is 13.4. The number of benzene rings is 2. The van der Waals surface area contributed by atoms with E-state index >= 15 is 0 Å². The van der Waals surface area contributed by atoms with E-state index in [4.69, 9.17) is 16.3 Å². The Morgan fingerprint density at radius 1 is 1.13 bits per heavy atom. The summed E-state index contributed by atoms with van der Waals surface area (Å²) >= 11 is 6.31. The van der Waals surface area contributed by atoms with E-state index in [1.54, 1.807) is 18.2 Å². The Kier molecular flexibility index (Phi) is 8.05. The zero-order valence-electron chi connectivity index (χ0n) is 17.9. The Labute approximate surface area is 188 Å². The van der Waals surface area contributed by atoms with Crippen molar-refractivity contribution < 1.29 is 14.3 Å². The number of rotatable bonds is 7. The second-order valence-corrected chi connectivity index (χ2v) is 8.23. The van der Waals surface area contributed by atoms with Crippen molar-refractivity contribution in [1.29, 1.82) is 0 Å². The lowest BCUT2D eigenvalue weighted by Gasteiger charge is -2.27. The van der Waals surface area contributed by atoms with Gasteiger partial charge in [0, 0.05) is 11.4 Å². The van der Waals surface area contributed by atoms with Crippen LogP contribution in [0, 0.1) is 5.92 Å². The van der Waals surface area contributed by atoms with Crippen LogP contribution in [0.3, 0.4) is 0 Å². The molecular formula is C25H28ClN2O3+. The molecule has 0 bridgehead atoms. The number of hydrogen-bond donors (Lipinski definition) is 0. The van der Waals surface area contributed by atoms with Crippen molar-refractivity contribution in [3.63, 3.8) is 0 Å². The number of carbonyl (C=O) groups is 2. The van der Waals surface area contributed by atoms with Gasteiger partial charge in [-0.3, -0.25) is 9.59 Å². The molecule has 0 heterocycles. The van der Waals surface area contributed by atoms with E-state index in [0.29, 0.717) is 34.3 Å². The minimum absolute atomic E-state index is 0.0997. The summed E-state index contributed by atoms with van der Waals surface area (Å²) in [5, 5.41) is 0.508. The molecule has 162 valence electrons. The van der Waals surface area contributed by atoms with Crippen molar-refractivity contribution >= 4 is 41.6 Å². The Balaban J connectivity index is 2.03. The second-order valence-electron chi connectivity index (χ2n) is 7.80. The molecule has 0 atom stereocenters. The van der Waals surface area contributed by atoms with Crippen LogP contribution in [0.4, 0.5) is 5.69 Å². The van der Waals surface area contributed by atoms with Crippen LogP contribution in [0.15, 0.2) is 48.5 Å². The molecule has 0 aromatic heterocycles. The fraction of sp³-hybridized carbons (Fsp3) is 0.360. The lowest BCUT2D eigenvalue weighted by molar-refractivity contribution is -0.140. The Morgan fingerprint density at radius 2 is 1.84 bits per heavy atom. The number of nitrogens with zero attached hydrogens (tertiary/aromatic N) is 2. The van der Waals surface area contributed by atoms with Crippen molar-refractivity contribution in [2.45, 2.75) is 38.5 Å². The van der Waals surface area contributed by atoms with Gasteiger partial charge in [0.05, 0.1) is 23.9 Å². The molecule has 3 rings (SSSR count). The molecule has 0 unspecified atom stereocenters. The third-order valence-electron chi connectivity index (χ3n) is 5.71. The third kappa shape index (κ3) is 5.84. The van der Waals surface area contributed by atoms with Gasteiger partial charge < -0.3 is 9.64 Å². The molecule has 0 aliphatic heterocycles. The van der Waals surface area contributed by atoms with Gasteiger partial charge >= 0.3 is 11.7 Å². The molecule has 31 heavy (non-hydrogen) atoms. The van der Waals surface area contributed by atoms with Crippen molar-refractivity contribution in [3.8, 4) is 0 Å². The Bertz CT molecular complexity index is 978. The molecule has 0 saturated heterocycles. The zero-order chi connectivity index (χ0) is 22.2. The number of halogens is 1. The van der Waals surface area contributed by atoms with Gasteiger partial charge in [-0.2, -0.15) is 0 Å². The van der Waals surface area contributed by atoms with E-state index in [-0.39, 0.29) is 12.5 Å². The average molecular weight is 440 g/mol. The number of esters is 1. The maximum Gasteiger partial charge on any atom is 0.342 e. The normalized spacial score (nSPS) is 13.9. The van der Waals surface area contributed by atoms with Crippen LogP contribution < -0.4 is 9.57 Å². The quantitative estimate of drug-likeness (QED) is 0.364. The number of hydrogen-bond acceptors (Lipinski definition) is 3. The molecule has 1 saturated carbocycles. The first-order chi connectivity index (χ1) is 15.0. The van der Waals surface area contributed by atoms with Gasteiger partial charge in [0.15, 0.2) is 0 Å². The molecule has 1 amide bonds.